The van der Waals surface area contributed by atoms with Gasteiger partial charge in [0.1, 0.15) is 5.82 Å². The van der Waals surface area contributed by atoms with Gasteiger partial charge in [-0.25, -0.2) is 4.98 Å². The summed E-state index contributed by atoms with van der Waals surface area (Å²) >= 11 is 0. The summed E-state index contributed by atoms with van der Waals surface area (Å²) < 4.78 is 44.7. The number of piperazine rings is 1. The highest BCUT2D eigenvalue weighted by atomic mass is 19.4. The molecule has 3 heterocycles. The Morgan fingerprint density at radius 1 is 1.27 bits per heavy atom. The van der Waals surface area contributed by atoms with E-state index in [9.17, 15) is 18.0 Å². The predicted molar refractivity (Wildman–Crippen MR) is 120 cm³/mol. The van der Waals surface area contributed by atoms with Crippen LogP contribution in [0.15, 0.2) is 18.3 Å². The molecular weight excluding hydrogens is 433 g/mol. The number of halogens is 3. The number of hydrogen-bond acceptors (Lipinski definition) is 5. The van der Waals surface area contributed by atoms with Crippen molar-refractivity contribution in [1.29, 1.82) is 0 Å². The average molecular weight is 469 g/mol. The molecule has 1 aromatic heterocycles. The highest BCUT2D eigenvalue weighted by Crippen LogP contribution is 2.43. The van der Waals surface area contributed by atoms with Crippen LogP contribution in [0.4, 0.5) is 19.0 Å². The molecule has 2 saturated heterocycles. The number of rotatable bonds is 5. The lowest BCUT2D eigenvalue weighted by Crippen LogP contribution is -2.53. The molecular formula is C24H35F3N4O2. The second-order valence-corrected chi connectivity index (χ2v) is 9.87. The van der Waals surface area contributed by atoms with Gasteiger partial charge in [-0.15, -0.1) is 0 Å². The number of amides is 1. The SMILES string of the molecule is CC[C@]1(C(=O)N2CCN(c3cc(C(F)(F)F)ccn3)CC2)CC[C@@H](NC2CCOCC2C)C1. The number of anilines is 1. The van der Waals surface area contributed by atoms with E-state index in [2.05, 4.69) is 24.1 Å². The summed E-state index contributed by atoms with van der Waals surface area (Å²) in [5.74, 6) is 0.993. The number of pyridine rings is 1. The van der Waals surface area contributed by atoms with E-state index < -0.39 is 11.7 Å². The van der Waals surface area contributed by atoms with E-state index in [4.69, 9.17) is 4.74 Å². The van der Waals surface area contributed by atoms with Crippen molar-refractivity contribution in [2.75, 3.05) is 44.3 Å². The first kappa shape index (κ1) is 24.3. The Morgan fingerprint density at radius 2 is 2.03 bits per heavy atom. The van der Waals surface area contributed by atoms with Gasteiger partial charge in [-0.2, -0.15) is 13.2 Å². The summed E-state index contributed by atoms with van der Waals surface area (Å²) in [5.41, 5.74) is -1.04. The van der Waals surface area contributed by atoms with Crippen molar-refractivity contribution in [3.63, 3.8) is 0 Å². The van der Waals surface area contributed by atoms with Gasteiger partial charge < -0.3 is 19.9 Å². The van der Waals surface area contributed by atoms with E-state index in [1.807, 2.05) is 9.80 Å². The molecule has 0 radical (unpaired) electrons. The monoisotopic (exact) mass is 468 g/mol. The summed E-state index contributed by atoms with van der Waals surface area (Å²) in [6.45, 7) is 7.87. The number of nitrogens with one attached hydrogen (secondary N) is 1. The van der Waals surface area contributed by atoms with Crippen LogP contribution < -0.4 is 10.2 Å². The van der Waals surface area contributed by atoms with Crippen LogP contribution in [0.2, 0.25) is 0 Å². The molecule has 1 amide bonds. The summed E-state index contributed by atoms with van der Waals surface area (Å²) in [4.78, 5) is 21.5. The van der Waals surface area contributed by atoms with E-state index in [1.165, 1.54) is 6.20 Å². The largest absolute Gasteiger partial charge is 0.416 e. The minimum Gasteiger partial charge on any atom is -0.381 e. The number of hydrogen-bond donors (Lipinski definition) is 1. The fourth-order valence-electron chi connectivity index (χ4n) is 5.61. The number of aromatic nitrogens is 1. The van der Waals surface area contributed by atoms with Crippen molar-refractivity contribution < 1.29 is 22.7 Å². The maximum absolute atomic E-state index is 13.6. The normalized spacial score (nSPS) is 31.1. The van der Waals surface area contributed by atoms with E-state index in [0.29, 0.717) is 50.0 Å². The van der Waals surface area contributed by atoms with Gasteiger partial charge in [0.05, 0.1) is 17.6 Å². The van der Waals surface area contributed by atoms with Crippen molar-refractivity contribution in [3.8, 4) is 0 Å². The standard InChI is InChI=1S/C24H35F3N4O2/c1-3-23(7-4-19(15-23)29-20-6-13-33-16-17(20)2)22(32)31-11-9-30(10-12-31)21-14-18(5-8-28-21)24(25,26)27/h5,8,14,17,19-20,29H,3-4,6-7,9-13,15-16H2,1-2H3/t17?,19-,20?,23+/m1/s1. The lowest BCUT2D eigenvalue weighted by atomic mass is 9.81. The van der Waals surface area contributed by atoms with Crippen molar-refractivity contribution in [3.05, 3.63) is 23.9 Å². The lowest BCUT2D eigenvalue weighted by molar-refractivity contribution is -0.142. The van der Waals surface area contributed by atoms with Crippen molar-refractivity contribution in [2.24, 2.45) is 11.3 Å². The Hall–Kier alpha value is -1.87. The van der Waals surface area contributed by atoms with Gasteiger partial charge in [-0.05, 0) is 50.2 Å². The van der Waals surface area contributed by atoms with Crippen LogP contribution >= 0.6 is 0 Å². The maximum Gasteiger partial charge on any atom is 0.416 e. The van der Waals surface area contributed by atoms with E-state index in [-0.39, 0.29) is 11.3 Å². The molecule has 1 aromatic rings. The zero-order chi connectivity index (χ0) is 23.6. The van der Waals surface area contributed by atoms with Gasteiger partial charge in [0.25, 0.3) is 0 Å². The molecule has 184 valence electrons. The molecule has 0 aromatic carbocycles. The molecule has 3 aliphatic rings. The van der Waals surface area contributed by atoms with Crippen LogP contribution in [0.25, 0.3) is 0 Å². The van der Waals surface area contributed by atoms with Crippen LogP contribution in [0.1, 0.15) is 51.5 Å². The minimum atomic E-state index is -4.39. The summed E-state index contributed by atoms with van der Waals surface area (Å²) in [6.07, 6.45) is 1.36. The Morgan fingerprint density at radius 3 is 2.70 bits per heavy atom. The first-order valence-electron chi connectivity index (χ1n) is 12.1. The predicted octanol–water partition coefficient (Wildman–Crippen LogP) is 3.71. The third-order valence-electron chi connectivity index (χ3n) is 7.79. The fourth-order valence-corrected chi connectivity index (χ4v) is 5.61. The average Bonchev–Trinajstić information content (AvgIpc) is 3.24. The molecule has 4 atom stereocenters. The molecule has 2 aliphatic heterocycles. The molecule has 2 unspecified atom stereocenters. The van der Waals surface area contributed by atoms with Crippen LogP contribution in [-0.4, -0.2) is 67.3 Å². The van der Waals surface area contributed by atoms with E-state index in [0.717, 1.165) is 57.5 Å². The molecule has 0 bridgehead atoms. The second-order valence-electron chi connectivity index (χ2n) is 9.87. The Kier molecular flexibility index (Phi) is 7.19. The van der Waals surface area contributed by atoms with Crippen molar-refractivity contribution in [1.82, 2.24) is 15.2 Å². The topological polar surface area (TPSA) is 57.7 Å². The van der Waals surface area contributed by atoms with Gasteiger partial charge in [-0.1, -0.05) is 13.8 Å². The van der Waals surface area contributed by atoms with E-state index >= 15 is 0 Å². The smallest absolute Gasteiger partial charge is 0.381 e. The van der Waals surface area contributed by atoms with Gasteiger partial charge in [0.15, 0.2) is 0 Å². The quantitative estimate of drug-likeness (QED) is 0.714. The minimum absolute atomic E-state index is 0.200. The molecule has 0 spiro atoms. The van der Waals surface area contributed by atoms with Crippen molar-refractivity contribution >= 4 is 11.7 Å². The number of alkyl halides is 3. The molecule has 6 nitrogen and oxygen atoms in total. The van der Waals surface area contributed by atoms with Gasteiger partial charge in [-0.3, -0.25) is 4.79 Å². The van der Waals surface area contributed by atoms with Gasteiger partial charge in [0.2, 0.25) is 5.91 Å². The zero-order valence-electron chi connectivity index (χ0n) is 19.5. The maximum atomic E-state index is 13.6. The van der Waals surface area contributed by atoms with Crippen LogP contribution in [0, 0.1) is 11.3 Å². The first-order valence-corrected chi connectivity index (χ1v) is 12.1. The molecule has 1 aliphatic carbocycles. The van der Waals surface area contributed by atoms with Crippen molar-refractivity contribution in [2.45, 2.75) is 64.2 Å². The number of nitrogens with zero attached hydrogens (tertiary/aromatic N) is 3. The van der Waals surface area contributed by atoms with Crippen LogP contribution in [0.5, 0.6) is 0 Å². The van der Waals surface area contributed by atoms with Crippen LogP contribution in [0.3, 0.4) is 0 Å². The number of carbonyl (C=O) groups excluding carboxylic acids is 1. The summed E-state index contributed by atoms with van der Waals surface area (Å²) in [6, 6.07) is 2.86. The second kappa shape index (κ2) is 9.78. The highest BCUT2D eigenvalue weighted by Gasteiger charge is 2.46. The Labute approximate surface area is 193 Å². The molecule has 1 N–H and O–H groups in total. The molecule has 1 saturated carbocycles. The summed E-state index contributed by atoms with van der Waals surface area (Å²) in [7, 11) is 0. The van der Waals surface area contributed by atoms with Gasteiger partial charge >= 0.3 is 6.18 Å². The first-order chi connectivity index (χ1) is 15.7. The number of ether oxygens (including phenoxy) is 1. The lowest BCUT2D eigenvalue weighted by Gasteiger charge is -2.40. The van der Waals surface area contributed by atoms with Crippen LogP contribution in [-0.2, 0) is 15.7 Å². The molecule has 9 heteroatoms. The highest BCUT2D eigenvalue weighted by molar-refractivity contribution is 5.83. The summed E-state index contributed by atoms with van der Waals surface area (Å²) in [5, 5.41) is 3.80. The zero-order valence-corrected chi connectivity index (χ0v) is 19.5. The third kappa shape index (κ3) is 5.29. The molecule has 33 heavy (non-hydrogen) atoms. The molecule has 4 rings (SSSR count). The Balaban J connectivity index is 1.35. The third-order valence-corrected chi connectivity index (χ3v) is 7.79. The number of carbonyl (C=O) groups is 1. The molecule has 3 fully saturated rings. The van der Waals surface area contributed by atoms with E-state index in [1.54, 1.807) is 0 Å². The van der Waals surface area contributed by atoms with Gasteiger partial charge in [0, 0.05) is 51.1 Å². The Bertz CT molecular complexity index is 828. The fraction of sp³-hybridized carbons (Fsp3) is 0.750.